The first-order valence-electron chi connectivity index (χ1n) is 6.72. The minimum absolute atomic E-state index is 0.251. The molecule has 1 aromatic carbocycles. The van der Waals surface area contributed by atoms with Crippen molar-refractivity contribution in [1.29, 1.82) is 0 Å². The Labute approximate surface area is 122 Å². The van der Waals surface area contributed by atoms with Gasteiger partial charge in [0.1, 0.15) is 11.0 Å². The second-order valence-corrected chi connectivity index (χ2v) is 5.37. The zero-order chi connectivity index (χ0) is 14.1. The molecule has 0 atom stereocenters. The van der Waals surface area contributed by atoms with Crippen molar-refractivity contribution in [3.8, 4) is 0 Å². The monoisotopic (exact) mass is 291 g/mol. The molecule has 1 aliphatic carbocycles. The minimum atomic E-state index is -0.251. The summed E-state index contributed by atoms with van der Waals surface area (Å²) in [7, 11) is 0. The lowest BCUT2D eigenvalue weighted by molar-refractivity contribution is 0.619. The van der Waals surface area contributed by atoms with Gasteiger partial charge in [0.25, 0.3) is 0 Å². The molecular formula is C15H15ClFN3. The van der Waals surface area contributed by atoms with Crippen molar-refractivity contribution in [2.24, 2.45) is 0 Å². The van der Waals surface area contributed by atoms with E-state index in [1.165, 1.54) is 6.07 Å². The number of aryl methyl sites for hydroxylation is 1. The van der Waals surface area contributed by atoms with Crippen molar-refractivity contribution >= 4 is 23.2 Å². The average molecular weight is 292 g/mol. The smallest absolute Gasteiger partial charge is 0.228 e. The Morgan fingerprint density at radius 3 is 2.85 bits per heavy atom. The third kappa shape index (κ3) is 2.48. The molecule has 0 unspecified atom stereocenters. The second kappa shape index (κ2) is 5.37. The van der Waals surface area contributed by atoms with Gasteiger partial charge in [-0.2, -0.15) is 0 Å². The molecule has 0 fully saturated rings. The first-order chi connectivity index (χ1) is 9.65. The summed E-state index contributed by atoms with van der Waals surface area (Å²) < 4.78 is 13.5. The molecule has 5 heteroatoms. The van der Waals surface area contributed by atoms with Crippen LogP contribution in [-0.2, 0) is 12.8 Å². The first kappa shape index (κ1) is 13.3. The van der Waals surface area contributed by atoms with Crippen molar-refractivity contribution < 1.29 is 4.39 Å². The summed E-state index contributed by atoms with van der Waals surface area (Å²) in [5.74, 6) is 0.184. The molecule has 0 saturated carbocycles. The third-order valence-electron chi connectivity index (χ3n) is 3.65. The van der Waals surface area contributed by atoms with Gasteiger partial charge < -0.3 is 5.32 Å². The fourth-order valence-electron chi connectivity index (χ4n) is 2.47. The number of aromatic nitrogens is 2. The lowest BCUT2D eigenvalue weighted by atomic mass is 9.97. The van der Waals surface area contributed by atoms with E-state index in [0.717, 1.165) is 36.9 Å². The maximum Gasteiger partial charge on any atom is 0.228 e. The van der Waals surface area contributed by atoms with E-state index in [9.17, 15) is 4.39 Å². The molecule has 1 aromatic heterocycles. The van der Waals surface area contributed by atoms with Crippen LogP contribution in [0.2, 0.25) is 5.15 Å². The number of anilines is 2. The van der Waals surface area contributed by atoms with Crippen molar-refractivity contribution in [3.63, 3.8) is 0 Å². The highest BCUT2D eigenvalue weighted by Gasteiger charge is 2.17. The molecule has 0 aliphatic heterocycles. The summed E-state index contributed by atoms with van der Waals surface area (Å²) in [6.45, 7) is 1.72. The Bertz CT molecular complexity index is 658. The van der Waals surface area contributed by atoms with Crippen LogP contribution < -0.4 is 5.32 Å². The van der Waals surface area contributed by atoms with E-state index < -0.39 is 0 Å². The summed E-state index contributed by atoms with van der Waals surface area (Å²) in [6, 6.07) is 4.89. The van der Waals surface area contributed by atoms with Crippen molar-refractivity contribution in [2.75, 3.05) is 5.32 Å². The third-order valence-corrected chi connectivity index (χ3v) is 3.96. The van der Waals surface area contributed by atoms with Crippen molar-refractivity contribution in [1.82, 2.24) is 9.97 Å². The molecule has 1 heterocycles. The average Bonchev–Trinajstić information content (AvgIpc) is 2.44. The lowest BCUT2D eigenvalue weighted by Crippen LogP contribution is -2.10. The molecule has 3 nitrogen and oxygen atoms in total. The summed E-state index contributed by atoms with van der Waals surface area (Å²) in [5.41, 5.74) is 3.27. The zero-order valence-electron chi connectivity index (χ0n) is 11.2. The van der Waals surface area contributed by atoms with Gasteiger partial charge in [-0.1, -0.05) is 17.7 Å². The Hall–Kier alpha value is -1.68. The van der Waals surface area contributed by atoms with Gasteiger partial charge >= 0.3 is 0 Å². The van der Waals surface area contributed by atoms with Gasteiger partial charge in [-0.25, -0.2) is 14.4 Å². The minimum Gasteiger partial charge on any atom is -0.324 e. The molecule has 20 heavy (non-hydrogen) atoms. The molecule has 0 radical (unpaired) electrons. The number of hydrogen-bond acceptors (Lipinski definition) is 3. The van der Waals surface area contributed by atoms with E-state index in [1.807, 2.05) is 0 Å². The van der Waals surface area contributed by atoms with Gasteiger partial charge in [-0.15, -0.1) is 0 Å². The Balaban J connectivity index is 1.95. The van der Waals surface area contributed by atoms with Gasteiger partial charge in [0.15, 0.2) is 0 Å². The SMILES string of the molecule is Cc1c(F)cccc1Nc1nc(Cl)c2c(n1)CCCC2. The largest absolute Gasteiger partial charge is 0.324 e. The van der Waals surface area contributed by atoms with Crippen LogP contribution in [0.3, 0.4) is 0 Å². The normalized spacial score (nSPS) is 13.9. The molecular weight excluding hydrogens is 277 g/mol. The summed E-state index contributed by atoms with van der Waals surface area (Å²) >= 11 is 6.22. The van der Waals surface area contributed by atoms with E-state index in [2.05, 4.69) is 15.3 Å². The molecule has 2 aromatic rings. The number of halogens is 2. The van der Waals surface area contributed by atoms with E-state index in [4.69, 9.17) is 11.6 Å². The number of nitrogens with zero attached hydrogens (tertiary/aromatic N) is 2. The number of hydrogen-bond donors (Lipinski definition) is 1. The van der Waals surface area contributed by atoms with Crippen LogP contribution in [0.15, 0.2) is 18.2 Å². The van der Waals surface area contributed by atoms with Gasteiger partial charge in [-0.3, -0.25) is 0 Å². The standard InChI is InChI=1S/C15H15ClFN3/c1-9-11(17)6-4-8-12(9)18-15-19-13-7-3-2-5-10(13)14(16)20-15/h4,6,8H,2-3,5,7H2,1H3,(H,18,19,20). The Morgan fingerprint density at radius 2 is 2.00 bits per heavy atom. The molecule has 0 saturated heterocycles. The van der Waals surface area contributed by atoms with Crippen LogP contribution in [0.1, 0.15) is 29.7 Å². The second-order valence-electron chi connectivity index (χ2n) is 5.01. The van der Waals surface area contributed by atoms with E-state index in [0.29, 0.717) is 22.4 Å². The van der Waals surface area contributed by atoms with Crippen LogP contribution >= 0.6 is 11.6 Å². The fourth-order valence-corrected chi connectivity index (χ4v) is 2.75. The molecule has 3 rings (SSSR count). The number of rotatable bonds is 2. The van der Waals surface area contributed by atoms with Crippen LogP contribution in [0.5, 0.6) is 0 Å². The highest BCUT2D eigenvalue weighted by atomic mass is 35.5. The molecule has 0 spiro atoms. The van der Waals surface area contributed by atoms with Crippen LogP contribution in [0.25, 0.3) is 0 Å². The molecule has 1 N–H and O–H groups in total. The maximum absolute atomic E-state index is 13.5. The van der Waals surface area contributed by atoms with Gasteiger partial charge in [-0.05, 0) is 44.7 Å². The molecule has 1 aliphatic rings. The van der Waals surface area contributed by atoms with Gasteiger partial charge in [0.2, 0.25) is 5.95 Å². The van der Waals surface area contributed by atoms with Crippen LogP contribution in [0.4, 0.5) is 16.0 Å². The highest BCUT2D eigenvalue weighted by Crippen LogP contribution is 2.28. The maximum atomic E-state index is 13.5. The highest BCUT2D eigenvalue weighted by molar-refractivity contribution is 6.30. The summed E-state index contributed by atoms with van der Waals surface area (Å²) in [5, 5.41) is 3.56. The van der Waals surface area contributed by atoms with E-state index in [1.54, 1.807) is 19.1 Å². The Morgan fingerprint density at radius 1 is 1.20 bits per heavy atom. The summed E-state index contributed by atoms with van der Waals surface area (Å²) in [6.07, 6.45) is 4.12. The van der Waals surface area contributed by atoms with E-state index in [-0.39, 0.29) is 5.82 Å². The molecule has 0 amide bonds. The predicted octanol–water partition coefficient (Wildman–Crippen LogP) is 4.20. The molecule has 104 valence electrons. The number of nitrogens with one attached hydrogen (secondary N) is 1. The lowest BCUT2D eigenvalue weighted by Gasteiger charge is -2.17. The molecule has 0 bridgehead atoms. The van der Waals surface area contributed by atoms with Crippen molar-refractivity contribution in [2.45, 2.75) is 32.6 Å². The number of fused-ring (bicyclic) bond motifs is 1. The van der Waals surface area contributed by atoms with Crippen LogP contribution in [0, 0.1) is 12.7 Å². The first-order valence-corrected chi connectivity index (χ1v) is 7.10. The van der Waals surface area contributed by atoms with Crippen molar-refractivity contribution in [3.05, 3.63) is 46.0 Å². The predicted molar refractivity (Wildman–Crippen MR) is 78.1 cm³/mol. The van der Waals surface area contributed by atoms with E-state index >= 15 is 0 Å². The van der Waals surface area contributed by atoms with Gasteiger partial charge in [0.05, 0.1) is 5.69 Å². The van der Waals surface area contributed by atoms with Crippen LogP contribution in [-0.4, -0.2) is 9.97 Å². The number of benzene rings is 1. The quantitative estimate of drug-likeness (QED) is 0.843. The Kier molecular flexibility index (Phi) is 3.57. The van der Waals surface area contributed by atoms with Gasteiger partial charge in [0, 0.05) is 16.8 Å². The zero-order valence-corrected chi connectivity index (χ0v) is 12.0. The topological polar surface area (TPSA) is 37.8 Å². The fraction of sp³-hybridized carbons (Fsp3) is 0.333. The summed E-state index contributed by atoms with van der Waals surface area (Å²) in [4.78, 5) is 8.78.